The lowest BCUT2D eigenvalue weighted by Crippen LogP contribution is -2.46. The molecule has 0 saturated carbocycles. The molecule has 1 aromatic heterocycles. The van der Waals surface area contributed by atoms with Crippen molar-refractivity contribution in [2.24, 2.45) is 0 Å². The number of nitrogens with zero attached hydrogens (tertiary/aromatic N) is 3. The number of aryl methyl sites for hydroxylation is 2. The molecule has 0 unspecified atom stereocenters. The zero-order valence-corrected chi connectivity index (χ0v) is 17.8. The van der Waals surface area contributed by atoms with Crippen LogP contribution in [0.25, 0.3) is 10.2 Å². The molecule has 2 heterocycles. The Bertz CT molecular complexity index is 977. The molecule has 6 heteroatoms. The molecular formula is C22H27N3O2S. The second kappa shape index (κ2) is 7.97. The predicted octanol–water partition coefficient (Wildman–Crippen LogP) is 4.25. The third kappa shape index (κ3) is 3.66. The molecule has 3 aromatic rings. The zero-order valence-electron chi connectivity index (χ0n) is 17.0. The summed E-state index contributed by atoms with van der Waals surface area (Å²) in [5.74, 6) is 1.79. The Morgan fingerprint density at radius 3 is 2.50 bits per heavy atom. The highest BCUT2D eigenvalue weighted by atomic mass is 32.1. The van der Waals surface area contributed by atoms with Crippen molar-refractivity contribution in [2.75, 3.05) is 45.3 Å². The van der Waals surface area contributed by atoms with Crippen LogP contribution in [-0.4, -0.2) is 50.3 Å². The van der Waals surface area contributed by atoms with E-state index < -0.39 is 0 Å². The lowest BCUT2D eigenvalue weighted by Gasteiger charge is -2.34. The van der Waals surface area contributed by atoms with Gasteiger partial charge in [0.2, 0.25) is 0 Å². The molecule has 1 aliphatic heterocycles. The largest absolute Gasteiger partial charge is 0.497 e. The zero-order chi connectivity index (χ0) is 19.7. The number of methoxy groups -OCH3 is 2. The first kappa shape index (κ1) is 19.0. The summed E-state index contributed by atoms with van der Waals surface area (Å²) in [7, 11) is 3.42. The lowest BCUT2D eigenvalue weighted by atomic mass is 10.1. The summed E-state index contributed by atoms with van der Waals surface area (Å²) in [6.45, 7) is 9.18. The highest BCUT2D eigenvalue weighted by Gasteiger charge is 2.21. The molecular weight excluding hydrogens is 370 g/mol. The number of piperazine rings is 1. The van der Waals surface area contributed by atoms with E-state index in [0.29, 0.717) is 0 Å². The molecule has 0 bridgehead atoms. The summed E-state index contributed by atoms with van der Waals surface area (Å²) >= 11 is 1.80. The fourth-order valence-corrected chi connectivity index (χ4v) is 4.77. The van der Waals surface area contributed by atoms with E-state index in [0.717, 1.165) is 54.9 Å². The van der Waals surface area contributed by atoms with E-state index in [4.69, 9.17) is 14.5 Å². The van der Waals surface area contributed by atoms with Crippen LogP contribution >= 0.6 is 11.3 Å². The van der Waals surface area contributed by atoms with Crippen LogP contribution in [0.5, 0.6) is 11.5 Å². The van der Waals surface area contributed by atoms with Crippen molar-refractivity contribution in [1.29, 1.82) is 0 Å². The molecule has 0 aliphatic carbocycles. The molecule has 28 heavy (non-hydrogen) atoms. The number of benzene rings is 2. The number of thiazole rings is 1. The van der Waals surface area contributed by atoms with Crippen LogP contribution in [0.4, 0.5) is 5.13 Å². The van der Waals surface area contributed by atoms with Gasteiger partial charge in [-0.1, -0.05) is 17.4 Å². The van der Waals surface area contributed by atoms with Crippen LogP contribution in [-0.2, 0) is 6.54 Å². The first-order chi connectivity index (χ1) is 13.6. The van der Waals surface area contributed by atoms with Gasteiger partial charge in [0.05, 0.1) is 24.4 Å². The van der Waals surface area contributed by atoms with Crippen LogP contribution in [0.1, 0.15) is 16.7 Å². The predicted molar refractivity (Wildman–Crippen MR) is 116 cm³/mol. The third-order valence-corrected chi connectivity index (χ3v) is 6.68. The lowest BCUT2D eigenvalue weighted by molar-refractivity contribution is 0.245. The molecule has 0 amide bonds. The van der Waals surface area contributed by atoms with Crippen molar-refractivity contribution in [2.45, 2.75) is 20.4 Å². The standard InChI is InChI=1S/C22H27N3O2S/c1-15-5-8-20-21(16(15)2)23-22(28-20)25-11-9-24(10-12-25)14-17-13-18(26-3)6-7-19(17)27-4/h5-8,13H,9-12,14H2,1-4H3. The Morgan fingerprint density at radius 1 is 1.00 bits per heavy atom. The molecule has 2 aromatic carbocycles. The van der Waals surface area contributed by atoms with Gasteiger partial charge < -0.3 is 14.4 Å². The fourth-order valence-electron chi connectivity index (χ4n) is 3.69. The van der Waals surface area contributed by atoms with Gasteiger partial charge in [-0.05, 0) is 49.2 Å². The Balaban J connectivity index is 1.45. The van der Waals surface area contributed by atoms with Crippen molar-refractivity contribution in [3.05, 3.63) is 47.0 Å². The number of hydrogen-bond acceptors (Lipinski definition) is 6. The second-order valence-electron chi connectivity index (χ2n) is 7.29. The van der Waals surface area contributed by atoms with Crippen LogP contribution < -0.4 is 14.4 Å². The average Bonchev–Trinajstić information content (AvgIpc) is 3.16. The molecule has 0 radical (unpaired) electrons. The molecule has 1 saturated heterocycles. The number of aromatic nitrogens is 1. The van der Waals surface area contributed by atoms with Crippen LogP contribution in [0.3, 0.4) is 0 Å². The van der Waals surface area contributed by atoms with Crippen LogP contribution in [0.2, 0.25) is 0 Å². The Morgan fingerprint density at radius 2 is 1.79 bits per heavy atom. The van der Waals surface area contributed by atoms with E-state index >= 15 is 0 Å². The summed E-state index contributed by atoms with van der Waals surface area (Å²) in [6, 6.07) is 10.4. The van der Waals surface area contributed by atoms with Crippen molar-refractivity contribution < 1.29 is 9.47 Å². The number of fused-ring (bicyclic) bond motifs is 1. The first-order valence-electron chi connectivity index (χ1n) is 9.64. The van der Waals surface area contributed by atoms with Gasteiger partial charge in [0.15, 0.2) is 5.13 Å². The maximum Gasteiger partial charge on any atom is 0.186 e. The number of rotatable bonds is 5. The number of ether oxygens (including phenoxy) is 2. The minimum Gasteiger partial charge on any atom is -0.497 e. The molecule has 0 atom stereocenters. The molecule has 4 rings (SSSR count). The Hall–Kier alpha value is -2.31. The summed E-state index contributed by atoms with van der Waals surface area (Å²) in [6.07, 6.45) is 0. The normalized spacial score (nSPS) is 15.2. The van der Waals surface area contributed by atoms with Gasteiger partial charge in [-0.25, -0.2) is 4.98 Å². The average molecular weight is 398 g/mol. The van der Waals surface area contributed by atoms with Crippen LogP contribution in [0, 0.1) is 13.8 Å². The van der Waals surface area contributed by atoms with E-state index in [2.05, 4.69) is 41.8 Å². The van der Waals surface area contributed by atoms with Gasteiger partial charge in [-0.3, -0.25) is 4.90 Å². The third-order valence-electron chi connectivity index (χ3n) is 5.60. The molecule has 5 nitrogen and oxygen atoms in total. The van der Waals surface area contributed by atoms with Gasteiger partial charge >= 0.3 is 0 Å². The molecule has 1 aliphatic rings. The Labute approximate surface area is 170 Å². The van der Waals surface area contributed by atoms with Crippen molar-refractivity contribution >= 4 is 26.7 Å². The SMILES string of the molecule is COc1ccc(OC)c(CN2CCN(c3nc4c(C)c(C)ccc4s3)CC2)c1. The van der Waals surface area contributed by atoms with E-state index in [1.165, 1.54) is 21.4 Å². The fraction of sp³-hybridized carbons (Fsp3) is 0.409. The second-order valence-corrected chi connectivity index (χ2v) is 8.30. The highest BCUT2D eigenvalue weighted by molar-refractivity contribution is 7.22. The summed E-state index contributed by atoms with van der Waals surface area (Å²) in [5.41, 5.74) is 4.93. The van der Waals surface area contributed by atoms with Crippen molar-refractivity contribution in [1.82, 2.24) is 9.88 Å². The van der Waals surface area contributed by atoms with E-state index in [1.54, 1.807) is 25.6 Å². The number of hydrogen-bond donors (Lipinski definition) is 0. The van der Waals surface area contributed by atoms with E-state index in [-0.39, 0.29) is 0 Å². The molecule has 1 fully saturated rings. The first-order valence-corrected chi connectivity index (χ1v) is 10.5. The van der Waals surface area contributed by atoms with Crippen molar-refractivity contribution in [3.8, 4) is 11.5 Å². The van der Waals surface area contributed by atoms with E-state index in [1.807, 2.05) is 12.1 Å². The maximum absolute atomic E-state index is 5.53. The van der Waals surface area contributed by atoms with Gasteiger partial charge in [0, 0.05) is 38.3 Å². The van der Waals surface area contributed by atoms with Crippen molar-refractivity contribution in [3.63, 3.8) is 0 Å². The van der Waals surface area contributed by atoms with Gasteiger partial charge in [-0.15, -0.1) is 0 Å². The van der Waals surface area contributed by atoms with Crippen LogP contribution in [0.15, 0.2) is 30.3 Å². The minimum absolute atomic E-state index is 0.867. The topological polar surface area (TPSA) is 37.8 Å². The van der Waals surface area contributed by atoms with Gasteiger partial charge in [0.25, 0.3) is 0 Å². The monoisotopic (exact) mass is 397 g/mol. The smallest absolute Gasteiger partial charge is 0.186 e. The molecule has 148 valence electrons. The highest BCUT2D eigenvalue weighted by Crippen LogP contribution is 2.32. The Kier molecular flexibility index (Phi) is 5.42. The van der Waals surface area contributed by atoms with Gasteiger partial charge in [-0.2, -0.15) is 0 Å². The summed E-state index contributed by atoms with van der Waals surface area (Å²) in [4.78, 5) is 9.83. The van der Waals surface area contributed by atoms with Gasteiger partial charge in [0.1, 0.15) is 11.5 Å². The molecule has 0 N–H and O–H groups in total. The summed E-state index contributed by atoms with van der Waals surface area (Å²) < 4.78 is 12.2. The quantitative estimate of drug-likeness (QED) is 0.643. The number of anilines is 1. The summed E-state index contributed by atoms with van der Waals surface area (Å²) in [5, 5.41) is 1.14. The minimum atomic E-state index is 0.867. The maximum atomic E-state index is 5.53. The molecule has 0 spiro atoms. The van der Waals surface area contributed by atoms with E-state index in [9.17, 15) is 0 Å².